The number of aryl methyl sites for hydroxylation is 1. The van der Waals surface area contributed by atoms with Crippen LogP contribution in [0.4, 0.5) is 0 Å². The van der Waals surface area contributed by atoms with Crippen LogP contribution in [0.25, 0.3) is 0 Å². The topological polar surface area (TPSA) is 56.7 Å². The summed E-state index contributed by atoms with van der Waals surface area (Å²) in [6.07, 6.45) is 2.44. The van der Waals surface area contributed by atoms with Gasteiger partial charge in [0.15, 0.2) is 5.82 Å². The molecule has 0 spiro atoms. The minimum absolute atomic E-state index is 0.314. The first-order valence-corrected chi connectivity index (χ1v) is 5.65. The Morgan fingerprint density at radius 1 is 1.40 bits per heavy atom. The molecule has 1 saturated carbocycles. The van der Waals surface area contributed by atoms with E-state index in [-0.39, 0.29) is 5.54 Å². The average molecular weight is 208 g/mol. The first-order chi connectivity index (χ1) is 6.94. The van der Waals surface area contributed by atoms with Crippen molar-refractivity contribution in [1.82, 2.24) is 14.8 Å². The van der Waals surface area contributed by atoms with Crippen LogP contribution in [0, 0.1) is 12.8 Å². The Labute approximate surface area is 90.9 Å². The van der Waals surface area contributed by atoms with Gasteiger partial charge in [-0.15, -0.1) is 10.2 Å². The number of aromatic nitrogens is 3. The Morgan fingerprint density at radius 2 is 2.00 bits per heavy atom. The lowest BCUT2D eigenvalue weighted by Gasteiger charge is -2.26. The van der Waals surface area contributed by atoms with Gasteiger partial charge in [-0.1, -0.05) is 0 Å². The molecule has 0 aromatic carbocycles. The molecule has 1 unspecified atom stereocenters. The van der Waals surface area contributed by atoms with Crippen LogP contribution >= 0.6 is 0 Å². The number of rotatable bonds is 3. The Morgan fingerprint density at radius 3 is 2.47 bits per heavy atom. The molecule has 4 nitrogen and oxygen atoms in total. The highest BCUT2D eigenvalue weighted by atomic mass is 15.3. The van der Waals surface area contributed by atoms with Crippen LogP contribution in [0.5, 0.6) is 0 Å². The lowest BCUT2D eigenvalue weighted by molar-refractivity contribution is 0.367. The van der Waals surface area contributed by atoms with Crippen molar-refractivity contribution in [1.29, 1.82) is 0 Å². The van der Waals surface area contributed by atoms with Gasteiger partial charge in [-0.25, -0.2) is 0 Å². The molecule has 2 rings (SSSR count). The first-order valence-electron chi connectivity index (χ1n) is 5.65. The van der Waals surface area contributed by atoms with Gasteiger partial charge in [0.05, 0.1) is 5.54 Å². The second-order valence-electron chi connectivity index (χ2n) is 5.09. The van der Waals surface area contributed by atoms with Gasteiger partial charge in [-0.2, -0.15) is 0 Å². The van der Waals surface area contributed by atoms with E-state index in [1.54, 1.807) is 0 Å². The standard InChI is InChI=1S/C11H20N4/c1-7(2)15-8(3)13-14-10(15)11(4,12)9-5-6-9/h7,9H,5-6,12H2,1-4H3. The van der Waals surface area contributed by atoms with Crippen molar-refractivity contribution in [3.05, 3.63) is 11.6 Å². The molecule has 84 valence electrons. The van der Waals surface area contributed by atoms with Gasteiger partial charge < -0.3 is 10.3 Å². The highest BCUT2D eigenvalue weighted by molar-refractivity contribution is 5.12. The molecule has 2 N–H and O–H groups in total. The van der Waals surface area contributed by atoms with Gasteiger partial charge in [0.25, 0.3) is 0 Å². The normalized spacial score (nSPS) is 20.7. The second kappa shape index (κ2) is 3.30. The molecule has 1 atom stereocenters. The van der Waals surface area contributed by atoms with Gasteiger partial charge in [0.1, 0.15) is 5.82 Å². The van der Waals surface area contributed by atoms with Gasteiger partial charge in [0.2, 0.25) is 0 Å². The second-order valence-corrected chi connectivity index (χ2v) is 5.09. The van der Waals surface area contributed by atoms with Gasteiger partial charge >= 0.3 is 0 Å². The largest absolute Gasteiger partial charge is 0.319 e. The van der Waals surface area contributed by atoms with Crippen molar-refractivity contribution in [2.45, 2.75) is 52.1 Å². The minimum atomic E-state index is -0.314. The summed E-state index contributed by atoms with van der Waals surface area (Å²) in [5.74, 6) is 2.48. The van der Waals surface area contributed by atoms with Crippen LogP contribution in [0.2, 0.25) is 0 Å². The number of nitrogens with two attached hydrogens (primary N) is 1. The monoisotopic (exact) mass is 208 g/mol. The summed E-state index contributed by atoms with van der Waals surface area (Å²) in [6.45, 7) is 8.35. The number of hydrogen-bond acceptors (Lipinski definition) is 3. The van der Waals surface area contributed by atoms with Crippen molar-refractivity contribution in [2.24, 2.45) is 11.7 Å². The highest BCUT2D eigenvalue weighted by Crippen LogP contribution is 2.43. The van der Waals surface area contributed by atoms with Gasteiger partial charge in [-0.3, -0.25) is 0 Å². The number of hydrogen-bond donors (Lipinski definition) is 1. The van der Waals surface area contributed by atoms with Crippen molar-refractivity contribution in [3.8, 4) is 0 Å². The van der Waals surface area contributed by atoms with E-state index in [0.29, 0.717) is 12.0 Å². The molecule has 15 heavy (non-hydrogen) atoms. The third-order valence-corrected chi connectivity index (χ3v) is 3.29. The molecule has 1 aromatic heterocycles. The molecular weight excluding hydrogens is 188 g/mol. The highest BCUT2D eigenvalue weighted by Gasteiger charge is 2.43. The first kappa shape index (κ1) is 10.6. The van der Waals surface area contributed by atoms with E-state index in [1.165, 1.54) is 12.8 Å². The molecule has 0 bridgehead atoms. The molecule has 0 saturated heterocycles. The van der Waals surface area contributed by atoms with Crippen LogP contribution in [0.1, 0.15) is 51.3 Å². The van der Waals surface area contributed by atoms with E-state index >= 15 is 0 Å². The average Bonchev–Trinajstić information content (AvgIpc) is 2.89. The molecule has 0 amide bonds. The third kappa shape index (κ3) is 1.67. The van der Waals surface area contributed by atoms with Crippen molar-refractivity contribution >= 4 is 0 Å². The molecule has 0 radical (unpaired) electrons. The van der Waals surface area contributed by atoms with Crippen LogP contribution in [0.15, 0.2) is 0 Å². The van der Waals surface area contributed by atoms with E-state index in [9.17, 15) is 0 Å². The summed E-state index contributed by atoms with van der Waals surface area (Å²) in [4.78, 5) is 0. The van der Waals surface area contributed by atoms with Crippen LogP contribution < -0.4 is 5.73 Å². The molecule has 4 heteroatoms. The maximum absolute atomic E-state index is 6.37. The van der Waals surface area contributed by atoms with Crippen LogP contribution in [-0.4, -0.2) is 14.8 Å². The lowest BCUT2D eigenvalue weighted by atomic mass is 9.96. The molecule has 1 aliphatic rings. The van der Waals surface area contributed by atoms with E-state index in [1.807, 2.05) is 6.92 Å². The van der Waals surface area contributed by atoms with Crippen LogP contribution in [-0.2, 0) is 5.54 Å². The Bertz CT molecular complexity index is 361. The Kier molecular flexibility index (Phi) is 2.34. The lowest BCUT2D eigenvalue weighted by Crippen LogP contribution is -2.39. The van der Waals surface area contributed by atoms with E-state index in [4.69, 9.17) is 5.73 Å². The fourth-order valence-corrected chi connectivity index (χ4v) is 2.22. The molecular formula is C11H20N4. The molecule has 1 heterocycles. The van der Waals surface area contributed by atoms with Crippen molar-refractivity contribution < 1.29 is 0 Å². The van der Waals surface area contributed by atoms with Crippen molar-refractivity contribution in [3.63, 3.8) is 0 Å². The quantitative estimate of drug-likeness (QED) is 0.823. The molecule has 1 aromatic rings. The zero-order chi connectivity index (χ0) is 11.2. The van der Waals surface area contributed by atoms with Crippen LogP contribution in [0.3, 0.4) is 0 Å². The zero-order valence-electron chi connectivity index (χ0n) is 9.99. The van der Waals surface area contributed by atoms with Gasteiger partial charge in [0, 0.05) is 6.04 Å². The molecule has 1 fully saturated rings. The Balaban J connectivity index is 2.43. The predicted octanol–water partition coefficient (Wildman–Crippen LogP) is 1.75. The number of nitrogens with zero attached hydrogens (tertiary/aromatic N) is 3. The maximum atomic E-state index is 6.37. The fraction of sp³-hybridized carbons (Fsp3) is 0.818. The zero-order valence-corrected chi connectivity index (χ0v) is 9.99. The summed E-state index contributed by atoms with van der Waals surface area (Å²) in [5, 5.41) is 8.41. The smallest absolute Gasteiger partial charge is 0.153 e. The van der Waals surface area contributed by atoms with Gasteiger partial charge in [-0.05, 0) is 46.5 Å². The van der Waals surface area contributed by atoms with E-state index in [2.05, 4.69) is 35.5 Å². The Hall–Kier alpha value is -0.900. The molecule has 1 aliphatic carbocycles. The predicted molar refractivity (Wildman–Crippen MR) is 59.4 cm³/mol. The minimum Gasteiger partial charge on any atom is -0.319 e. The summed E-state index contributed by atoms with van der Waals surface area (Å²) in [5.41, 5.74) is 6.06. The third-order valence-electron chi connectivity index (χ3n) is 3.29. The summed E-state index contributed by atoms with van der Waals surface area (Å²) >= 11 is 0. The summed E-state index contributed by atoms with van der Waals surface area (Å²) in [7, 11) is 0. The summed E-state index contributed by atoms with van der Waals surface area (Å²) in [6, 6.07) is 0.372. The SMILES string of the molecule is Cc1nnc(C(C)(N)C2CC2)n1C(C)C. The summed E-state index contributed by atoms with van der Waals surface area (Å²) < 4.78 is 2.15. The van der Waals surface area contributed by atoms with E-state index < -0.39 is 0 Å². The fourth-order valence-electron chi connectivity index (χ4n) is 2.22. The van der Waals surface area contributed by atoms with E-state index in [0.717, 1.165) is 11.6 Å². The maximum Gasteiger partial charge on any atom is 0.153 e. The molecule has 0 aliphatic heterocycles. The van der Waals surface area contributed by atoms with Crippen molar-refractivity contribution in [2.75, 3.05) is 0 Å².